The fraction of sp³-hybridized carbons (Fsp3) is 0.269. The molecule has 1 aromatic carbocycles. The first kappa shape index (κ1) is 21.2. The summed E-state index contributed by atoms with van der Waals surface area (Å²) in [4.78, 5) is 23.7. The van der Waals surface area contributed by atoms with Crippen molar-refractivity contribution in [3.8, 4) is 0 Å². The number of amides is 1. The average molecular weight is 464 g/mol. The van der Waals surface area contributed by atoms with Gasteiger partial charge in [-0.25, -0.2) is 0 Å². The minimum absolute atomic E-state index is 0.157. The van der Waals surface area contributed by atoms with Crippen LogP contribution in [-0.4, -0.2) is 33.9 Å². The molecule has 0 atom stereocenters. The molecule has 5 rings (SSSR count). The Labute approximate surface area is 197 Å². The number of fused-ring (bicyclic) bond motifs is 2. The van der Waals surface area contributed by atoms with Crippen LogP contribution in [0.1, 0.15) is 29.7 Å². The Bertz CT molecular complexity index is 1280. The van der Waals surface area contributed by atoms with Crippen molar-refractivity contribution < 1.29 is 4.79 Å². The zero-order valence-corrected chi connectivity index (χ0v) is 19.1. The lowest BCUT2D eigenvalue weighted by molar-refractivity contribution is -0.131. The quantitative estimate of drug-likeness (QED) is 0.593. The number of piperidine rings is 1. The first-order valence-corrected chi connectivity index (χ1v) is 11.7. The molecule has 0 unspecified atom stereocenters. The van der Waals surface area contributed by atoms with Gasteiger partial charge in [-0.05, 0) is 71.0 Å². The minimum Gasteiger partial charge on any atom is -0.342 e. The lowest BCUT2D eigenvalue weighted by Crippen LogP contribution is -2.41. The van der Waals surface area contributed by atoms with E-state index in [2.05, 4.69) is 17.1 Å². The Kier molecular flexibility index (Phi) is 5.99. The Morgan fingerprint density at radius 2 is 1.94 bits per heavy atom. The maximum absolute atomic E-state index is 12.8. The summed E-state index contributed by atoms with van der Waals surface area (Å²) in [7, 11) is 0. The second-order valence-electron chi connectivity index (χ2n) is 8.37. The van der Waals surface area contributed by atoms with Crippen molar-refractivity contribution in [2.75, 3.05) is 13.1 Å². The molecule has 0 bridgehead atoms. The van der Waals surface area contributed by atoms with Gasteiger partial charge in [0.1, 0.15) is 0 Å². The molecule has 1 saturated heterocycles. The number of hydrogen-bond donors (Lipinski definition) is 0. The number of benzene rings is 1. The summed E-state index contributed by atoms with van der Waals surface area (Å²) in [5.74, 6) is 0.456. The molecule has 1 fully saturated rings. The molecule has 0 saturated carbocycles. The summed E-state index contributed by atoms with van der Waals surface area (Å²) in [6, 6.07) is 11.7. The van der Waals surface area contributed by atoms with Crippen LogP contribution in [0.25, 0.3) is 11.6 Å². The molecular weight excluding hydrogens is 441 g/mol. The van der Waals surface area contributed by atoms with Crippen molar-refractivity contribution in [2.45, 2.75) is 25.7 Å². The maximum Gasteiger partial charge on any atom is 0.227 e. The molecule has 1 aliphatic heterocycles. The standard InChI is InChI=1S/C26H23Cl2N3O/c27-20-4-6-21-19(15-20)3-5-22-23(28)7-11-30-26(22)25(21)18-8-12-31(13-9-18)24(32)14-17-2-1-10-29-16-17/h1-4,6-7,10-11,15-16,18H,5,8-9,12-14H2. The van der Waals surface area contributed by atoms with Gasteiger partial charge in [-0.15, -0.1) is 0 Å². The molecule has 1 aliphatic carbocycles. The van der Waals surface area contributed by atoms with Gasteiger partial charge in [-0.3, -0.25) is 14.8 Å². The van der Waals surface area contributed by atoms with E-state index in [4.69, 9.17) is 28.2 Å². The van der Waals surface area contributed by atoms with E-state index in [9.17, 15) is 4.79 Å². The highest BCUT2D eigenvalue weighted by Crippen LogP contribution is 2.34. The topological polar surface area (TPSA) is 46.1 Å². The molecule has 4 nitrogen and oxygen atoms in total. The Morgan fingerprint density at radius 1 is 1.09 bits per heavy atom. The van der Waals surface area contributed by atoms with Gasteiger partial charge in [0, 0.05) is 47.3 Å². The fourth-order valence-electron chi connectivity index (χ4n) is 4.80. The first-order valence-electron chi connectivity index (χ1n) is 10.9. The highest BCUT2D eigenvalue weighted by Gasteiger charge is 2.29. The van der Waals surface area contributed by atoms with E-state index < -0.39 is 0 Å². The summed E-state index contributed by atoms with van der Waals surface area (Å²) >= 11 is 12.9. The van der Waals surface area contributed by atoms with Crippen LogP contribution in [-0.2, 0) is 17.6 Å². The number of carbonyl (C=O) groups is 1. The molecular formula is C26H23Cl2N3O. The van der Waals surface area contributed by atoms with Crippen LogP contribution in [0.15, 0.2) is 55.0 Å². The molecule has 2 aliphatic rings. The van der Waals surface area contributed by atoms with Crippen molar-refractivity contribution in [1.82, 2.24) is 14.9 Å². The lowest BCUT2D eigenvalue weighted by atomic mass is 9.84. The number of halogens is 2. The monoisotopic (exact) mass is 463 g/mol. The normalized spacial score (nSPS) is 16.1. The second-order valence-corrected chi connectivity index (χ2v) is 9.21. The molecule has 162 valence electrons. The minimum atomic E-state index is 0.157. The SMILES string of the molecule is O=C(Cc1cccnc1)N1CCC(C2=c3ccc(Cl)cc3=CCc3c(Cl)ccnc32)CC1. The van der Waals surface area contributed by atoms with Gasteiger partial charge < -0.3 is 4.90 Å². The summed E-state index contributed by atoms with van der Waals surface area (Å²) in [5.41, 5.74) is 4.22. The van der Waals surface area contributed by atoms with Gasteiger partial charge in [-0.1, -0.05) is 41.4 Å². The van der Waals surface area contributed by atoms with Gasteiger partial charge in [0.15, 0.2) is 0 Å². The van der Waals surface area contributed by atoms with E-state index in [1.165, 1.54) is 10.8 Å². The van der Waals surface area contributed by atoms with E-state index in [1.807, 2.05) is 35.2 Å². The fourth-order valence-corrected chi connectivity index (χ4v) is 5.21. The van der Waals surface area contributed by atoms with E-state index in [0.717, 1.165) is 64.4 Å². The zero-order chi connectivity index (χ0) is 22.1. The molecule has 0 N–H and O–H groups in total. The molecule has 0 radical (unpaired) electrons. The van der Waals surface area contributed by atoms with Gasteiger partial charge >= 0.3 is 0 Å². The Hall–Kier alpha value is -2.69. The predicted molar refractivity (Wildman–Crippen MR) is 128 cm³/mol. The largest absolute Gasteiger partial charge is 0.342 e. The van der Waals surface area contributed by atoms with Crippen molar-refractivity contribution in [3.05, 3.63) is 92.3 Å². The molecule has 6 heteroatoms. The number of aromatic nitrogens is 2. The van der Waals surface area contributed by atoms with E-state index in [0.29, 0.717) is 12.3 Å². The number of rotatable bonds is 3. The molecule has 32 heavy (non-hydrogen) atoms. The maximum atomic E-state index is 12.8. The van der Waals surface area contributed by atoms with Crippen LogP contribution < -0.4 is 10.4 Å². The Morgan fingerprint density at radius 3 is 2.72 bits per heavy atom. The van der Waals surface area contributed by atoms with Gasteiger partial charge in [0.2, 0.25) is 5.91 Å². The summed E-state index contributed by atoms with van der Waals surface area (Å²) < 4.78 is 0. The van der Waals surface area contributed by atoms with Crippen molar-refractivity contribution in [3.63, 3.8) is 0 Å². The third kappa shape index (κ3) is 4.17. The molecule has 0 spiro atoms. The van der Waals surface area contributed by atoms with Gasteiger partial charge in [0.05, 0.1) is 12.1 Å². The third-order valence-electron chi connectivity index (χ3n) is 6.42. The Balaban J connectivity index is 1.46. The summed E-state index contributed by atoms with van der Waals surface area (Å²) in [6.07, 6.45) is 10.4. The van der Waals surface area contributed by atoms with Crippen LogP contribution in [0.4, 0.5) is 0 Å². The first-order chi connectivity index (χ1) is 15.6. The number of pyridine rings is 2. The summed E-state index contributed by atoms with van der Waals surface area (Å²) in [6.45, 7) is 1.46. The number of likely N-dealkylation sites (tertiary alicyclic amines) is 1. The van der Waals surface area contributed by atoms with Crippen molar-refractivity contribution >= 4 is 40.8 Å². The van der Waals surface area contributed by atoms with Crippen molar-refractivity contribution in [2.24, 2.45) is 5.92 Å². The number of nitrogens with zero attached hydrogens (tertiary/aromatic N) is 3. The third-order valence-corrected chi connectivity index (χ3v) is 7.01. The molecule has 2 aromatic heterocycles. The highest BCUT2D eigenvalue weighted by atomic mass is 35.5. The van der Waals surface area contributed by atoms with E-state index >= 15 is 0 Å². The predicted octanol–water partition coefficient (Wildman–Crippen LogP) is 3.80. The number of hydrogen-bond acceptors (Lipinski definition) is 3. The van der Waals surface area contributed by atoms with Crippen molar-refractivity contribution in [1.29, 1.82) is 0 Å². The van der Waals surface area contributed by atoms with Crippen LogP contribution >= 0.6 is 23.2 Å². The zero-order valence-electron chi connectivity index (χ0n) is 17.6. The second kappa shape index (κ2) is 9.05. The van der Waals surface area contributed by atoms with Crippen LogP contribution in [0.3, 0.4) is 0 Å². The van der Waals surface area contributed by atoms with Crippen LogP contribution in [0.5, 0.6) is 0 Å². The number of carbonyl (C=O) groups excluding carboxylic acids is 1. The van der Waals surface area contributed by atoms with Gasteiger partial charge in [0.25, 0.3) is 0 Å². The van der Waals surface area contributed by atoms with E-state index in [1.54, 1.807) is 18.6 Å². The van der Waals surface area contributed by atoms with E-state index in [-0.39, 0.29) is 5.91 Å². The molecule has 3 heterocycles. The van der Waals surface area contributed by atoms with Crippen LogP contribution in [0, 0.1) is 5.92 Å². The van der Waals surface area contributed by atoms with Gasteiger partial charge in [-0.2, -0.15) is 0 Å². The lowest BCUT2D eigenvalue weighted by Gasteiger charge is -2.33. The average Bonchev–Trinajstić information content (AvgIpc) is 2.97. The van der Waals surface area contributed by atoms with Crippen LogP contribution in [0.2, 0.25) is 10.0 Å². The smallest absolute Gasteiger partial charge is 0.227 e. The molecule has 3 aromatic rings. The molecule has 1 amide bonds. The highest BCUT2D eigenvalue weighted by molar-refractivity contribution is 6.31. The summed E-state index contributed by atoms with van der Waals surface area (Å²) in [5, 5.41) is 3.76.